The minimum atomic E-state index is 0.498. The fourth-order valence-electron chi connectivity index (χ4n) is 2.94. The molecule has 0 aromatic carbocycles. The second-order valence-electron chi connectivity index (χ2n) is 5.29. The van der Waals surface area contributed by atoms with E-state index in [0.717, 1.165) is 17.9 Å². The summed E-state index contributed by atoms with van der Waals surface area (Å²) >= 11 is 0. The highest BCUT2D eigenvalue weighted by molar-refractivity contribution is 4.92. The maximum atomic E-state index is 5.82. The molecule has 1 aliphatic carbocycles. The fourth-order valence-corrected chi connectivity index (χ4v) is 2.94. The molecule has 2 fully saturated rings. The average Bonchev–Trinajstić information content (AvgIpc) is 1.96. The molecule has 2 rings (SSSR count). The van der Waals surface area contributed by atoms with Crippen molar-refractivity contribution in [3.8, 4) is 0 Å². The van der Waals surface area contributed by atoms with E-state index in [9.17, 15) is 0 Å². The highest BCUT2D eigenvalue weighted by atomic mass is 15.2. The molecule has 13 heavy (non-hydrogen) atoms. The van der Waals surface area contributed by atoms with Crippen LogP contribution in [-0.2, 0) is 0 Å². The summed E-state index contributed by atoms with van der Waals surface area (Å²) < 4.78 is 0. The summed E-state index contributed by atoms with van der Waals surface area (Å²) in [4.78, 5) is 2.67. The summed E-state index contributed by atoms with van der Waals surface area (Å²) in [5.41, 5.74) is 5.82. The predicted octanol–water partition coefficient (Wildman–Crippen LogP) is 1.45. The van der Waals surface area contributed by atoms with Gasteiger partial charge >= 0.3 is 0 Å². The number of hydrogen-bond donors (Lipinski definition) is 1. The van der Waals surface area contributed by atoms with Crippen LogP contribution in [0.15, 0.2) is 0 Å². The SMILES string of the molecule is CC1CC(C)CN(C2CC(N)C2)C1. The Morgan fingerprint density at radius 2 is 1.54 bits per heavy atom. The number of rotatable bonds is 1. The van der Waals surface area contributed by atoms with Gasteiger partial charge in [0.1, 0.15) is 0 Å². The highest BCUT2D eigenvalue weighted by Gasteiger charge is 2.34. The van der Waals surface area contributed by atoms with Gasteiger partial charge in [-0.05, 0) is 31.1 Å². The Morgan fingerprint density at radius 3 is 2.00 bits per heavy atom. The van der Waals surface area contributed by atoms with E-state index in [1.54, 1.807) is 0 Å². The van der Waals surface area contributed by atoms with E-state index in [-0.39, 0.29) is 0 Å². The molecule has 0 amide bonds. The molecule has 0 aromatic heterocycles. The first kappa shape index (κ1) is 9.47. The van der Waals surface area contributed by atoms with Crippen molar-refractivity contribution in [2.45, 2.75) is 45.2 Å². The van der Waals surface area contributed by atoms with Crippen LogP contribution in [0.4, 0.5) is 0 Å². The van der Waals surface area contributed by atoms with E-state index in [0.29, 0.717) is 6.04 Å². The minimum Gasteiger partial charge on any atom is -0.328 e. The summed E-state index contributed by atoms with van der Waals surface area (Å²) in [6, 6.07) is 1.32. The van der Waals surface area contributed by atoms with Crippen LogP contribution in [0.3, 0.4) is 0 Å². The van der Waals surface area contributed by atoms with Gasteiger partial charge < -0.3 is 5.73 Å². The molecule has 0 bridgehead atoms. The van der Waals surface area contributed by atoms with Crippen LogP contribution >= 0.6 is 0 Å². The van der Waals surface area contributed by atoms with Crippen molar-refractivity contribution in [3.63, 3.8) is 0 Å². The third-order valence-electron chi connectivity index (χ3n) is 3.56. The zero-order valence-corrected chi connectivity index (χ0v) is 8.87. The van der Waals surface area contributed by atoms with Gasteiger partial charge in [0.25, 0.3) is 0 Å². The highest BCUT2D eigenvalue weighted by Crippen LogP contribution is 2.30. The fraction of sp³-hybridized carbons (Fsp3) is 1.00. The Hall–Kier alpha value is -0.0800. The van der Waals surface area contributed by atoms with Gasteiger partial charge in [-0.25, -0.2) is 0 Å². The standard InChI is InChI=1S/C11H22N2/c1-8-3-9(2)7-13(6-8)11-4-10(12)5-11/h8-11H,3-7,12H2,1-2H3. The summed E-state index contributed by atoms with van der Waals surface area (Å²) in [7, 11) is 0. The maximum absolute atomic E-state index is 5.82. The minimum absolute atomic E-state index is 0.498. The molecule has 1 saturated heterocycles. The number of hydrogen-bond acceptors (Lipinski definition) is 2. The van der Waals surface area contributed by atoms with Crippen molar-refractivity contribution in [1.82, 2.24) is 4.90 Å². The quantitative estimate of drug-likeness (QED) is 0.665. The van der Waals surface area contributed by atoms with Gasteiger partial charge in [-0.15, -0.1) is 0 Å². The Morgan fingerprint density at radius 1 is 1.00 bits per heavy atom. The molecule has 0 radical (unpaired) electrons. The van der Waals surface area contributed by atoms with Gasteiger partial charge in [0.05, 0.1) is 0 Å². The second kappa shape index (κ2) is 3.58. The number of nitrogens with zero attached hydrogens (tertiary/aromatic N) is 1. The third kappa shape index (κ3) is 2.05. The smallest absolute Gasteiger partial charge is 0.0125 e. The van der Waals surface area contributed by atoms with Crippen molar-refractivity contribution in [2.75, 3.05) is 13.1 Å². The lowest BCUT2D eigenvalue weighted by atomic mass is 9.82. The molecule has 2 heteroatoms. The number of likely N-dealkylation sites (tertiary alicyclic amines) is 1. The molecule has 2 unspecified atom stereocenters. The Labute approximate surface area is 81.5 Å². The topological polar surface area (TPSA) is 29.3 Å². The van der Waals surface area contributed by atoms with E-state index in [1.807, 2.05) is 0 Å². The second-order valence-corrected chi connectivity index (χ2v) is 5.29. The largest absolute Gasteiger partial charge is 0.328 e. The molecular formula is C11H22N2. The van der Waals surface area contributed by atoms with Crippen molar-refractivity contribution < 1.29 is 0 Å². The van der Waals surface area contributed by atoms with Crippen molar-refractivity contribution in [2.24, 2.45) is 17.6 Å². The molecule has 1 heterocycles. The maximum Gasteiger partial charge on any atom is 0.0125 e. The van der Waals surface area contributed by atoms with Crippen molar-refractivity contribution in [1.29, 1.82) is 0 Å². The molecule has 1 aliphatic heterocycles. The molecule has 1 saturated carbocycles. The summed E-state index contributed by atoms with van der Waals surface area (Å²) in [6.07, 6.45) is 3.88. The van der Waals surface area contributed by atoms with Gasteiger partial charge in [0, 0.05) is 25.2 Å². The van der Waals surface area contributed by atoms with Crippen LogP contribution in [0, 0.1) is 11.8 Å². The molecule has 76 valence electrons. The Balaban J connectivity index is 1.85. The summed E-state index contributed by atoms with van der Waals surface area (Å²) in [5, 5.41) is 0. The molecule has 2 nitrogen and oxygen atoms in total. The van der Waals surface area contributed by atoms with Crippen LogP contribution in [0.25, 0.3) is 0 Å². The average molecular weight is 182 g/mol. The van der Waals surface area contributed by atoms with Crippen LogP contribution in [0.1, 0.15) is 33.1 Å². The van der Waals surface area contributed by atoms with E-state index in [2.05, 4.69) is 18.7 Å². The first-order valence-corrected chi connectivity index (χ1v) is 5.64. The van der Waals surface area contributed by atoms with Crippen LogP contribution in [0.2, 0.25) is 0 Å². The molecule has 2 N–H and O–H groups in total. The lowest BCUT2D eigenvalue weighted by Crippen LogP contribution is -2.54. The Kier molecular flexibility index (Phi) is 2.61. The van der Waals surface area contributed by atoms with Gasteiger partial charge in [0.15, 0.2) is 0 Å². The van der Waals surface area contributed by atoms with Gasteiger partial charge in [-0.3, -0.25) is 4.90 Å². The predicted molar refractivity (Wildman–Crippen MR) is 55.5 cm³/mol. The monoisotopic (exact) mass is 182 g/mol. The zero-order valence-electron chi connectivity index (χ0n) is 8.87. The summed E-state index contributed by atoms with van der Waals surface area (Å²) in [6.45, 7) is 7.37. The lowest BCUT2D eigenvalue weighted by Gasteiger charge is -2.46. The zero-order chi connectivity index (χ0) is 9.42. The van der Waals surface area contributed by atoms with Gasteiger partial charge in [-0.1, -0.05) is 13.8 Å². The molecule has 2 atom stereocenters. The van der Waals surface area contributed by atoms with Gasteiger partial charge in [0.2, 0.25) is 0 Å². The van der Waals surface area contributed by atoms with Gasteiger partial charge in [-0.2, -0.15) is 0 Å². The van der Waals surface area contributed by atoms with Crippen molar-refractivity contribution >= 4 is 0 Å². The Bertz CT molecular complexity index is 165. The van der Waals surface area contributed by atoms with E-state index in [1.165, 1.54) is 32.4 Å². The van der Waals surface area contributed by atoms with Crippen LogP contribution in [-0.4, -0.2) is 30.1 Å². The van der Waals surface area contributed by atoms with E-state index < -0.39 is 0 Å². The van der Waals surface area contributed by atoms with E-state index >= 15 is 0 Å². The van der Waals surface area contributed by atoms with Crippen LogP contribution in [0.5, 0.6) is 0 Å². The molecule has 0 aromatic rings. The lowest BCUT2D eigenvalue weighted by molar-refractivity contribution is 0.0472. The molecule has 2 aliphatic rings. The molecule has 0 spiro atoms. The van der Waals surface area contributed by atoms with Crippen molar-refractivity contribution in [3.05, 3.63) is 0 Å². The molecular weight excluding hydrogens is 160 g/mol. The summed E-state index contributed by atoms with van der Waals surface area (Å²) in [5.74, 6) is 1.78. The normalized spacial score (nSPS) is 47.3. The van der Waals surface area contributed by atoms with E-state index in [4.69, 9.17) is 5.73 Å². The first-order valence-electron chi connectivity index (χ1n) is 5.64. The van der Waals surface area contributed by atoms with Crippen LogP contribution < -0.4 is 5.73 Å². The number of nitrogens with two attached hydrogens (primary N) is 1. The number of piperidine rings is 1. The first-order chi connectivity index (χ1) is 6.15. The third-order valence-corrected chi connectivity index (χ3v) is 3.56.